The van der Waals surface area contributed by atoms with Crippen LogP contribution in [-0.2, 0) is 6.42 Å². The average molecular weight is 533 g/mol. The van der Waals surface area contributed by atoms with Gasteiger partial charge in [0.1, 0.15) is 17.0 Å². The fourth-order valence-electron chi connectivity index (χ4n) is 6.46. The lowest BCUT2D eigenvalue weighted by molar-refractivity contribution is 0.0694. The van der Waals surface area contributed by atoms with Crippen molar-refractivity contribution in [2.75, 3.05) is 25.7 Å². The Kier molecular flexibility index (Phi) is 6.57. The molecule has 2 aromatic carbocycles. The second-order valence-corrected chi connectivity index (χ2v) is 10.8. The summed E-state index contributed by atoms with van der Waals surface area (Å²) < 4.78 is 29.3. The van der Waals surface area contributed by atoms with Gasteiger partial charge in [0.05, 0.1) is 31.2 Å². The van der Waals surface area contributed by atoms with Gasteiger partial charge in [-0.2, -0.15) is 0 Å². The molecule has 3 aromatic rings. The summed E-state index contributed by atoms with van der Waals surface area (Å²) in [4.78, 5) is 27.1. The largest absolute Gasteiger partial charge is 0.497 e. The third kappa shape index (κ3) is 4.45. The zero-order valence-electron chi connectivity index (χ0n) is 22.3. The first kappa shape index (κ1) is 25.5. The van der Waals surface area contributed by atoms with Crippen molar-refractivity contribution in [1.82, 2.24) is 4.57 Å². The molecule has 204 valence electrons. The van der Waals surface area contributed by atoms with Crippen molar-refractivity contribution in [3.8, 4) is 11.5 Å². The highest BCUT2D eigenvalue weighted by Crippen LogP contribution is 2.47. The normalized spacial score (nSPS) is 19.3. The Balaban J connectivity index is 1.54. The molecule has 0 radical (unpaired) electrons. The van der Waals surface area contributed by atoms with Crippen molar-refractivity contribution in [3.05, 3.63) is 74.8 Å². The summed E-state index contributed by atoms with van der Waals surface area (Å²) in [5.41, 5.74) is 3.77. The minimum atomic E-state index is -1.31. The van der Waals surface area contributed by atoms with Crippen LogP contribution in [0.15, 0.2) is 52.5 Å². The van der Waals surface area contributed by atoms with E-state index in [1.165, 1.54) is 36.9 Å². The first-order valence-corrected chi connectivity index (χ1v) is 13.7. The SMILES string of the molecule is COc1ccc(CC2C3=C(CCCC3)CCN2c2c(F)cc3c(=O)c(C(=O)O)cn(C4CC4)c3c2OC)cc1. The van der Waals surface area contributed by atoms with Crippen LogP contribution >= 0.6 is 0 Å². The van der Waals surface area contributed by atoms with Crippen LogP contribution in [0.2, 0.25) is 0 Å². The fourth-order valence-corrected chi connectivity index (χ4v) is 6.46. The molecule has 2 heterocycles. The van der Waals surface area contributed by atoms with Crippen molar-refractivity contribution in [2.24, 2.45) is 0 Å². The van der Waals surface area contributed by atoms with Gasteiger partial charge in [0.15, 0.2) is 11.6 Å². The Hall–Kier alpha value is -3.81. The number of carboxylic acids is 1. The summed E-state index contributed by atoms with van der Waals surface area (Å²) in [5.74, 6) is -0.795. The second kappa shape index (κ2) is 10.1. The van der Waals surface area contributed by atoms with E-state index in [4.69, 9.17) is 9.47 Å². The molecule has 1 atom stereocenters. The van der Waals surface area contributed by atoms with Crippen LogP contribution in [-0.4, -0.2) is 42.4 Å². The number of rotatable bonds is 7. The quantitative estimate of drug-likeness (QED) is 0.383. The minimum Gasteiger partial charge on any atom is -0.497 e. The molecule has 1 unspecified atom stereocenters. The molecule has 0 amide bonds. The summed E-state index contributed by atoms with van der Waals surface area (Å²) in [6, 6.07) is 9.23. The highest BCUT2D eigenvalue weighted by atomic mass is 19.1. The van der Waals surface area contributed by atoms with Gasteiger partial charge < -0.3 is 24.0 Å². The summed E-state index contributed by atoms with van der Waals surface area (Å²) in [6.07, 6.45) is 9.07. The van der Waals surface area contributed by atoms with Crippen LogP contribution in [0.4, 0.5) is 10.1 Å². The maximum atomic E-state index is 16.2. The van der Waals surface area contributed by atoms with Crippen LogP contribution in [0, 0.1) is 5.82 Å². The first-order chi connectivity index (χ1) is 18.9. The number of benzene rings is 2. The number of fused-ring (bicyclic) bond motifs is 1. The summed E-state index contributed by atoms with van der Waals surface area (Å²) >= 11 is 0. The zero-order chi connectivity index (χ0) is 27.3. The number of aromatic nitrogens is 1. The Bertz CT molecular complexity index is 1540. The molecule has 1 fully saturated rings. The van der Waals surface area contributed by atoms with E-state index in [9.17, 15) is 14.7 Å². The molecule has 0 bridgehead atoms. The van der Waals surface area contributed by atoms with Crippen LogP contribution in [0.3, 0.4) is 0 Å². The topological polar surface area (TPSA) is 81.0 Å². The van der Waals surface area contributed by atoms with E-state index in [0.717, 1.165) is 49.8 Å². The van der Waals surface area contributed by atoms with Crippen LogP contribution in [0.1, 0.15) is 66.9 Å². The molecule has 1 aromatic heterocycles. The van der Waals surface area contributed by atoms with Crippen molar-refractivity contribution in [3.63, 3.8) is 0 Å². The number of hydrogen-bond acceptors (Lipinski definition) is 5. The predicted octanol–water partition coefficient (Wildman–Crippen LogP) is 5.88. The number of anilines is 1. The molecule has 1 saturated carbocycles. The monoisotopic (exact) mass is 532 g/mol. The second-order valence-electron chi connectivity index (χ2n) is 10.8. The molecular formula is C31H33FN2O5. The van der Waals surface area contributed by atoms with E-state index in [-0.39, 0.29) is 23.0 Å². The number of halogens is 1. The van der Waals surface area contributed by atoms with Crippen LogP contribution < -0.4 is 19.8 Å². The van der Waals surface area contributed by atoms with Crippen LogP contribution in [0.5, 0.6) is 11.5 Å². The van der Waals surface area contributed by atoms with E-state index in [0.29, 0.717) is 29.9 Å². The van der Waals surface area contributed by atoms with E-state index in [2.05, 4.69) is 17.0 Å². The van der Waals surface area contributed by atoms with Gasteiger partial charge in [0, 0.05) is 18.8 Å². The van der Waals surface area contributed by atoms with Gasteiger partial charge in [-0.25, -0.2) is 9.18 Å². The molecule has 8 heteroatoms. The molecule has 3 aliphatic rings. The first-order valence-electron chi connectivity index (χ1n) is 13.7. The minimum absolute atomic E-state index is 0.0428. The summed E-state index contributed by atoms with van der Waals surface area (Å²) in [5, 5.41) is 9.71. The van der Waals surface area contributed by atoms with Gasteiger partial charge in [-0.3, -0.25) is 4.79 Å². The molecule has 0 spiro atoms. The van der Waals surface area contributed by atoms with Gasteiger partial charge in [-0.1, -0.05) is 17.7 Å². The maximum absolute atomic E-state index is 16.2. The van der Waals surface area contributed by atoms with Gasteiger partial charge in [0.2, 0.25) is 5.43 Å². The molecule has 1 aliphatic heterocycles. The van der Waals surface area contributed by atoms with E-state index < -0.39 is 17.2 Å². The number of pyridine rings is 1. The molecule has 7 nitrogen and oxygen atoms in total. The number of carboxylic acid groups (broad SMARTS) is 1. The molecule has 1 N–H and O–H groups in total. The molecule has 2 aliphatic carbocycles. The Labute approximate surface area is 226 Å². The number of nitrogens with zero attached hydrogens (tertiary/aromatic N) is 2. The molecule has 0 saturated heterocycles. The smallest absolute Gasteiger partial charge is 0.341 e. The number of methoxy groups -OCH3 is 2. The van der Waals surface area contributed by atoms with Gasteiger partial charge >= 0.3 is 5.97 Å². The molecular weight excluding hydrogens is 499 g/mol. The fraction of sp³-hybridized carbons (Fsp3) is 0.419. The van der Waals surface area contributed by atoms with Crippen molar-refractivity contribution < 1.29 is 23.8 Å². The Morgan fingerprint density at radius 3 is 2.49 bits per heavy atom. The van der Waals surface area contributed by atoms with Crippen molar-refractivity contribution in [1.29, 1.82) is 0 Å². The number of aromatic carboxylic acids is 1. The summed E-state index contributed by atoms with van der Waals surface area (Å²) in [6.45, 7) is 0.638. The predicted molar refractivity (Wildman–Crippen MR) is 148 cm³/mol. The van der Waals surface area contributed by atoms with Gasteiger partial charge in [-0.15, -0.1) is 0 Å². The number of hydrogen-bond donors (Lipinski definition) is 1. The van der Waals surface area contributed by atoms with E-state index >= 15 is 4.39 Å². The lowest BCUT2D eigenvalue weighted by atomic mass is 9.80. The molecule has 6 rings (SSSR count). The van der Waals surface area contributed by atoms with Crippen LogP contribution in [0.25, 0.3) is 10.9 Å². The lowest BCUT2D eigenvalue weighted by Crippen LogP contribution is -2.44. The third-order valence-corrected chi connectivity index (χ3v) is 8.51. The lowest BCUT2D eigenvalue weighted by Gasteiger charge is -2.43. The van der Waals surface area contributed by atoms with Gasteiger partial charge in [-0.05, 0) is 80.7 Å². The molecule has 39 heavy (non-hydrogen) atoms. The number of carbonyl (C=O) groups is 1. The highest BCUT2D eigenvalue weighted by molar-refractivity contribution is 5.97. The zero-order valence-corrected chi connectivity index (χ0v) is 22.3. The van der Waals surface area contributed by atoms with E-state index in [1.807, 2.05) is 16.7 Å². The Morgan fingerprint density at radius 1 is 1.08 bits per heavy atom. The Morgan fingerprint density at radius 2 is 1.82 bits per heavy atom. The van der Waals surface area contributed by atoms with Crippen molar-refractivity contribution in [2.45, 2.75) is 63.5 Å². The standard InChI is InChI=1S/C31H33FN2O5/c1-38-21-11-7-18(8-12-21)15-26-22-6-4-3-5-19(22)13-14-33(26)28-25(32)16-23-27(30(28)39-2)34(20-9-10-20)17-24(29(23)35)31(36)37/h7-8,11-12,16-17,20,26H,3-6,9-10,13-15H2,1-2H3,(H,36,37). The van der Waals surface area contributed by atoms with Crippen molar-refractivity contribution >= 4 is 22.6 Å². The summed E-state index contributed by atoms with van der Waals surface area (Å²) in [7, 11) is 3.14. The third-order valence-electron chi connectivity index (χ3n) is 8.51. The highest BCUT2D eigenvalue weighted by Gasteiger charge is 2.36. The maximum Gasteiger partial charge on any atom is 0.341 e. The van der Waals surface area contributed by atoms with Gasteiger partial charge in [0.25, 0.3) is 0 Å². The van der Waals surface area contributed by atoms with E-state index in [1.54, 1.807) is 7.11 Å². The number of ether oxygens (including phenoxy) is 2. The average Bonchev–Trinajstić information content (AvgIpc) is 3.79.